The van der Waals surface area contributed by atoms with E-state index in [9.17, 15) is 13.6 Å². The van der Waals surface area contributed by atoms with Gasteiger partial charge in [-0.15, -0.1) is 0 Å². The molecule has 1 aromatic rings. The van der Waals surface area contributed by atoms with Gasteiger partial charge in [0.25, 0.3) is 0 Å². The lowest BCUT2D eigenvalue weighted by atomic mass is 9.95. The van der Waals surface area contributed by atoms with E-state index in [4.69, 9.17) is 5.11 Å². The lowest BCUT2D eigenvalue weighted by Crippen LogP contribution is -2.44. The minimum absolute atomic E-state index is 0.0390. The first-order chi connectivity index (χ1) is 9.47. The van der Waals surface area contributed by atoms with Crippen LogP contribution in [0.1, 0.15) is 25.3 Å². The second-order valence-corrected chi connectivity index (χ2v) is 5.46. The molecule has 0 radical (unpaired) electrons. The summed E-state index contributed by atoms with van der Waals surface area (Å²) in [7, 11) is 0. The van der Waals surface area contributed by atoms with E-state index >= 15 is 0 Å². The summed E-state index contributed by atoms with van der Waals surface area (Å²) in [6.45, 7) is 3.28. The van der Waals surface area contributed by atoms with Crippen LogP contribution in [0, 0.1) is 17.6 Å². The van der Waals surface area contributed by atoms with Crippen molar-refractivity contribution in [2.45, 2.75) is 32.2 Å². The Hall–Kier alpha value is -1.49. The molecule has 1 aromatic carbocycles. The first-order valence-corrected chi connectivity index (χ1v) is 6.88. The summed E-state index contributed by atoms with van der Waals surface area (Å²) in [6.07, 6.45) is 2.00. The van der Waals surface area contributed by atoms with Gasteiger partial charge in [-0.25, -0.2) is 8.78 Å². The minimum Gasteiger partial charge on any atom is -0.481 e. The molecule has 2 unspecified atom stereocenters. The molecule has 0 bridgehead atoms. The SMILES string of the molecule is CC(Cc1ccc(F)cc1F)N1CCCC(C(=O)O)C1. The third-order valence-corrected chi connectivity index (χ3v) is 3.96. The maximum atomic E-state index is 13.6. The maximum absolute atomic E-state index is 13.6. The van der Waals surface area contributed by atoms with Gasteiger partial charge in [-0.05, 0) is 44.4 Å². The lowest BCUT2D eigenvalue weighted by Gasteiger charge is -2.35. The van der Waals surface area contributed by atoms with E-state index in [2.05, 4.69) is 4.90 Å². The van der Waals surface area contributed by atoms with Crippen molar-refractivity contribution in [3.8, 4) is 0 Å². The van der Waals surface area contributed by atoms with Crippen molar-refractivity contribution in [1.82, 2.24) is 4.90 Å². The highest BCUT2D eigenvalue weighted by atomic mass is 19.1. The number of nitrogens with zero attached hydrogens (tertiary/aromatic N) is 1. The highest BCUT2D eigenvalue weighted by Gasteiger charge is 2.28. The normalized spacial score (nSPS) is 21.6. The Morgan fingerprint density at radius 2 is 2.25 bits per heavy atom. The van der Waals surface area contributed by atoms with Crippen molar-refractivity contribution in [3.05, 3.63) is 35.4 Å². The average Bonchev–Trinajstić information content (AvgIpc) is 2.42. The highest BCUT2D eigenvalue weighted by Crippen LogP contribution is 2.21. The Kier molecular flexibility index (Phi) is 4.70. The number of piperidine rings is 1. The van der Waals surface area contributed by atoms with Crippen molar-refractivity contribution in [1.29, 1.82) is 0 Å². The van der Waals surface area contributed by atoms with Crippen molar-refractivity contribution < 1.29 is 18.7 Å². The summed E-state index contributed by atoms with van der Waals surface area (Å²) in [4.78, 5) is 13.1. The number of rotatable bonds is 4. The molecule has 110 valence electrons. The van der Waals surface area contributed by atoms with Gasteiger partial charge in [-0.3, -0.25) is 9.69 Å². The number of aliphatic carboxylic acids is 1. The number of benzene rings is 1. The predicted octanol–water partition coefficient (Wildman–Crippen LogP) is 2.69. The van der Waals surface area contributed by atoms with Crippen LogP contribution in [-0.4, -0.2) is 35.1 Å². The molecule has 1 saturated heterocycles. The van der Waals surface area contributed by atoms with Crippen LogP contribution >= 0.6 is 0 Å². The van der Waals surface area contributed by atoms with Crippen molar-refractivity contribution >= 4 is 5.97 Å². The van der Waals surface area contributed by atoms with E-state index < -0.39 is 17.6 Å². The van der Waals surface area contributed by atoms with Gasteiger partial charge in [0.05, 0.1) is 5.92 Å². The zero-order valence-electron chi connectivity index (χ0n) is 11.5. The van der Waals surface area contributed by atoms with Crippen LogP contribution < -0.4 is 0 Å². The van der Waals surface area contributed by atoms with Gasteiger partial charge >= 0.3 is 5.97 Å². The fraction of sp³-hybridized carbons (Fsp3) is 0.533. The van der Waals surface area contributed by atoms with Crippen molar-refractivity contribution in [3.63, 3.8) is 0 Å². The van der Waals surface area contributed by atoms with E-state index in [1.165, 1.54) is 12.1 Å². The molecule has 0 aromatic heterocycles. The van der Waals surface area contributed by atoms with Crippen LogP contribution in [0.25, 0.3) is 0 Å². The molecule has 20 heavy (non-hydrogen) atoms. The number of carbonyl (C=O) groups is 1. The molecule has 1 N–H and O–H groups in total. The van der Waals surface area contributed by atoms with E-state index in [-0.39, 0.29) is 12.0 Å². The topological polar surface area (TPSA) is 40.5 Å². The third-order valence-electron chi connectivity index (χ3n) is 3.96. The molecule has 0 saturated carbocycles. The van der Waals surface area contributed by atoms with Crippen molar-refractivity contribution in [2.24, 2.45) is 5.92 Å². The van der Waals surface area contributed by atoms with Crippen LogP contribution in [0.4, 0.5) is 8.78 Å². The summed E-state index contributed by atoms with van der Waals surface area (Å²) < 4.78 is 26.5. The molecule has 5 heteroatoms. The predicted molar refractivity (Wildman–Crippen MR) is 71.5 cm³/mol. The van der Waals surface area contributed by atoms with Gasteiger partial charge in [0.1, 0.15) is 11.6 Å². The number of hydrogen-bond acceptors (Lipinski definition) is 2. The van der Waals surface area contributed by atoms with Gasteiger partial charge in [-0.1, -0.05) is 6.07 Å². The molecule has 1 aliphatic heterocycles. The number of halogens is 2. The monoisotopic (exact) mass is 283 g/mol. The zero-order valence-corrected chi connectivity index (χ0v) is 11.5. The summed E-state index contributed by atoms with van der Waals surface area (Å²) in [5.41, 5.74) is 0.469. The summed E-state index contributed by atoms with van der Waals surface area (Å²) in [5, 5.41) is 9.07. The highest BCUT2D eigenvalue weighted by molar-refractivity contribution is 5.70. The van der Waals surface area contributed by atoms with Gasteiger partial charge in [0, 0.05) is 18.7 Å². The number of carboxylic acids is 1. The smallest absolute Gasteiger partial charge is 0.307 e. The fourth-order valence-corrected chi connectivity index (χ4v) is 2.74. The summed E-state index contributed by atoms with van der Waals surface area (Å²) >= 11 is 0. The molecule has 1 aliphatic rings. The molecule has 2 rings (SSSR count). The molecule has 1 fully saturated rings. The molecule has 3 nitrogen and oxygen atoms in total. The van der Waals surface area contributed by atoms with Crippen LogP contribution in [0.15, 0.2) is 18.2 Å². The van der Waals surface area contributed by atoms with Crippen molar-refractivity contribution in [2.75, 3.05) is 13.1 Å². The Labute approximate surface area is 117 Å². The first kappa shape index (κ1) is 14.9. The quantitative estimate of drug-likeness (QED) is 0.923. The van der Waals surface area contributed by atoms with Crippen LogP contribution in [0.5, 0.6) is 0 Å². The number of likely N-dealkylation sites (tertiary alicyclic amines) is 1. The van der Waals surface area contributed by atoms with E-state index in [0.717, 1.165) is 19.0 Å². The molecule has 1 heterocycles. The van der Waals surface area contributed by atoms with Crippen LogP contribution in [-0.2, 0) is 11.2 Å². The number of carboxylic acid groups (broad SMARTS) is 1. The molecule has 0 aliphatic carbocycles. The van der Waals surface area contributed by atoms with E-state index in [1.54, 1.807) is 0 Å². The lowest BCUT2D eigenvalue weighted by molar-refractivity contribution is -0.143. The molecule has 2 atom stereocenters. The number of hydrogen-bond donors (Lipinski definition) is 1. The van der Waals surface area contributed by atoms with E-state index in [1.807, 2.05) is 6.92 Å². The largest absolute Gasteiger partial charge is 0.481 e. The third kappa shape index (κ3) is 3.54. The molecular formula is C15H19F2NO2. The Morgan fingerprint density at radius 3 is 2.90 bits per heavy atom. The molecule has 0 spiro atoms. The first-order valence-electron chi connectivity index (χ1n) is 6.88. The van der Waals surface area contributed by atoms with Crippen LogP contribution in [0.3, 0.4) is 0 Å². The van der Waals surface area contributed by atoms with Gasteiger partial charge < -0.3 is 5.11 Å². The van der Waals surface area contributed by atoms with Gasteiger partial charge in [-0.2, -0.15) is 0 Å². The van der Waals surface area contributed by atoms with E-state index in [0.29, 0.717) is 24.9 Å². The zero-order chi connectivity index (χ0) is 14.7. The molecule has 0 amide bonds. The van der Waals surface area contributed by atoms with Gasteiger partial charge in [0.15, 0.2) is 0 Å². The summed E-state index contributed by atoms with van der Waals surface area (Å²) in [6, 6.07) is 3.64. The average molecular weight is 283 g/mol. The second kappa shape index (κ2) is 6.31. The Bertz CT molecular complexity index is 493. The van der Waals surface area contributed by atoms with Crippen LogP contribution in [0.2, 0.25) is 0 Å². The Balaban J connectivity index is 2.00. The minimum atomic E-state index is -0.769. The second-order valence-electron chi connectivity index (χ2n) is 5.46. The standard InChI is InChI=1S/C15H19F2NO2/c1-10(7-11-4-5-13(16)8-14(11)17)18-6-2-3-12(9-18)15(19)20/h4-5,8,10,12H,2-3,6-7,9H2,1H3,(H,19,20). The summed E-state index contributed by atoms with van der Waals surface area (Å²) in [5.74, 6) is -2.23. The maximum Gasteiger partial charge on any atom is 0.307 e. The van der Waals surface area contributed by atoms with Gasteiger partial charge in [0.2, 0.25) is 0 Å². The molecular weight excluding hydrogens is 264 g/mol. The Morgan fingerprint density at radius 1 is 1.50 bits per heavy atom. The fourth-order valence-electron chi connectivity index (χ4n) is 2.74.